The van der Waals surface area contributed by atoms with Gasteiger partial charge in [-0.05, 0) is 51.6 Å². The van der Waals surface area contributed by atoms with Gasteiger partial charge in [-0.1, -0.05) is 13.8 Å². The Balaban J connectivity index is 2.29. The van der Waals surface area contributed by atoms with Crippen LogP contribution in [-0.4, -0.2) is 53.9 Å². The molecule has 3 N–H and O–H groups in total. The lowest BCUT2D eigenvalue weighted by atomic mass is 9.91. The van der Waals surface area contributed by atoms with Crippen molar-refractivity contribution >= 4 is 5.97 Å². The lowest BCUT2D eigenvalue weighted by Crippen LogP contribution is -2.48. The third-order valence-electron chi connectivity index (χ3n) is 4.17. The van der Waals surface area contributed by atoms with Gasteiger partial charge in [0.1, 0.15) is 5.54 Å². The molecule has 0 bridgehead atoms. The summed E-state index contributed by atoms with van der Waals surface area (Å²) in [5, 5.41) is 9.15. The van der Waals surface area contributed by atoms with Crippen molar-refractivity contribution in [3.63, 3.8) is 0 Å². The molecule has 0 spiro atoms. The zero-order chi connectivity index (χ0) is 15.0. The van der Waals surface area contributed by atoms with Gasteiger partial charge in [0, 0.05) is 13.2 Å². The fourth-order valence-electron chi connectivity index (χ4n) is 2.69. The number of carboxylic acids is 1. The van der Waals surface area contributed by atoms with Crippen LogP contribution in [-0.2, 0) is 9.53 Å². The lowest BCUT2D eigenvalue weighted by Gasteiger charge is -2.33. The molecule has 0 aromatic heterocycles. The minimum atomic E-state index is -1.06. The van der Waals surface area contributed by atoms with Crippen LogP contribution >= 0.6 is 0 Å². The fourth-order valence-corrected chi connectivity index (χ4v) is 2.69. The summed E-state index contributed by atoms with van der Waals surface area (Å²) >= 11 is 0. The molecule has 1 saturated heterocycles. The quantitative estimate of drug-likeness (QED) is 0.676. The first-order valence-corrected chi connectivity index (χ1v) is 7.88. The van der Waals surface area contributed by atoms with Gasteiger partial charge in [0.25, 0.3) is 0 Å². The summed E-state index contributed by atoms with van der Waals surface area (Å²) in [6.45, 7) is 7.76. The summed E-state index contributed by atoms with van der Waals surface area (Å²) < 4.78 is 5.81. The average Bonchev–Trinajstić information content (AvgIpc) is 2.45. The molecule has 1 rings (SSSR count). The molecular formula is C15H30N2O3. The second kappa shape index (κ2) is 8.60. The zero-order valence-electron chi connectivity index (χ0n) is 12.9. The molecule has 0 aromatic carbocycles. The number of likely N-dealkylation sites (tertiary alicyclic amines) is 1. The van der Waals surface area contributed by atoms with Gasteiger partial charge in [0.2, 0.25) is 0 Å². The Hall–Kier alpha value is -0.650. The molecule has 1 heterocycles. The van der Waals surface area contributed by atoms with Gasteiger partial charge < -0.3 is 20.5 Å². The molecule has 20 heavy (non-hydrogen) atoms. The molecule has 0 amide bonds. The highest BCUT2D eigenvalue weighted by molar-refractivity contribution is 5.78. The standard InChI is InChI=1S/C15H30N2O3/c1-3-11-20-13-7-5-9-17(12-13)10-6-8-15(16,4-2)14(18)19/h13H,3-12,16H2,1-2H3,(H,18,19). The highest BCUT2D eigenvalue weighted by Crippen LogP contribution is 2.18. The normalized spacial score (nSPS) is 23.4. The van der Waals surface area contributed by atoms with E-state index in [1.165, 1.54) is 0 Å². The predicted octanol–water partition coefficient (Wildman–Crippen LogP) is 1.85. The Morgan fingerprint density at radius 1 is 1.50 bits per heavy atom. The maximum absolute atomic E-state index is 11.1. The smallest absolute Gasteiger partial charge is 0.323 e. The van der Waals surface area contributed by atoms with E-state index in [0.29, 0.717) is 18.9 Å². The average molecular weight is 286 g/mol. The molecule has 1 aliphatic heterocycles. The van der Waals surface area contributed by atoms with E-state index < -0.39 is 11.5 Å². The first-order chi connectivity index (χ1) is 9.51. The first-order valence-electron chi connectivity index (χ1n) is 7.88. The predicted molar refractivity (Wildman–Crippen MR) is 79.8 cm³/mol. The van der Waals surface area contributed by atoms with Gasteiger partial charge in [0.15, 0.2) is 0 Å². The van der Waals surface area contributed by atoms with Crippen molar-refractivity contribution in [3.8, 4) is 0 Å². The molecule has 0 radical (unpaired) electrons. The lowest BCUT2D eigenvalue weighted by molar-refractivity contribution is -0.143. The van der Waals surface area contributed by atoms with Gasteiger partial charge in [0.05, 0.1) is 6.10 Å². The van der Waals surface area contributed by atoms with Crippen LogP contribution in [0.4, 0.5) is 0 Å². The second-order valence-corrected chi connectivity index (χ2v) is 5.85. The minimum absolute atomic E-state index is 0.344. The van der Waals surface area contributed by atoms with E-state index in [9.17, 15) is 4.79 Å². The van der Waals surface area contributed by atoms with E-state index in [4.69, 9.17) is 15.6 Å². The maximum atomic E-state index is 11.1. The first kappa shape index (κ1) is 17.4. The van der Waals surface area contributed by atoms with Crippen LogP contribution in [0.25, 0.3) is 0 Å². The Kier molecular flexibility index (Phi) is 7.48. The molecule has 0 saturated carbocycles. The van der Waals surface area contributed by atoms with Crippen LogP contribution in [0.1, 0.15) is 52.4 Å². The Labute approximate surface area is 122 Å². The monoisotopic (exact) mass is 286 g/mol. The number of rotatable bonds is 9. The van der Waals surface area contributed by atoms with Crippen molar-refractivity contribution in [2.75, 3.05) is 26.2 Å². The van der Waals surface area contributed by atoms with E-state index in [-0.39, 0.29) is 0 Å². The van der Waals surface area contributed by atoms with Gasteiger partial charge in [-0.3, -0.25) is 4.79 Å². The van der Waals surface area contributed by atoms with Crippen molar-refractivity contribution in [1.82, 2.24) is 4.90 Å². The topological polar surface area (TPSA) is 75.8 Å². The molecule has 2 atom stereocenters. The molecule has 5 nitrogen and oxygen atoms in total. The van der Waals surface area contributed by atoms with Crippen LogP contribution in [0.15, 0.2) is 0 Å². The summed E-state index contributed by atoms with van der Waals surface area (Å²) in [6, 6.07) is 0. The molecule has 2 unspecified atom stereocenters. The number of hydrogen-bond donors (Lipinski definition) is 2. The van der Waals surface area contributed by atoms with E-state index >= 15 is 0 Å². The van der Waals surface area contributed by atoms with Crippen molar-refractivity contribution in [1.29, 1.82) is 0 Å². The second-order valence-electron chi connectivity index (χ2n) is 5.85. The maximum Gasteiger partial charge on any atom is 0.323 e. The van der Waals surface area contributed by atoms with Crippen LogP contribution in [0.2, 0.25) is 0 Å². The number of nitrogens with zero attached hydrogens (tertiary/aromatic N) is 1. The third-order valence-corrected chi connectivity index (χ3v) is 4.17. The number of nitrogens with two attached hydrogens (primary N) is 1. The fraction of sp³-hybridized carbons (Fsp3) is 0.933. The summed E-state index contributed by atoms with van der Waals surface area (Å²) in [4.78, 5) is 13.5. The molecule has 5 heteroatoms. The van der Waals surface area contributed by atoms with Crippen molar-refractivity contribution in [2.24, 2.45) is 5.73 Å². The number of carboxylic acid groups (broad SMARTS) is 1. The van der Waals surface area contributed by atoms with Gasteiger partial charge >= 0.3 is 5.97 Å². The Morgan fingerprint density at radius 2 is 2.25 bits per heavy atom. The molecule has 1 aliphatic rings. The SMILES string of the molecule is CCCOC1CCCN(CCCC(N)(CC)C(=O)O)C1. The van der Waals surface area contributed by atoms with Gasteiger partial charge in [-0.2, -0.15) is 0 Å². The highest BCUT2D eigenvalue weighted by Gasteiger charge is 2.31. The van der Waals surface area contributed by atoms with Crippen LogP contribution in [0, 0.1) is 0 Å². The minimum Gasteiger partial charge on any atom is -0.480 e. The summed E-state index contributed by atoms with van der Waals surface area (Å²) in [5.41, 5.74) is 4.84. The van der Waals surface area contributed by atoms with Crippen LogP contribution in [0.5, 0.6) is 0 Å². The molecule has 118 valence electrons. The zero-order valence-corrected chi connectivity index (χ0v) is 12.9. The third kappa shape index (κ3) is 5.38. The largest absolute Gasteiger partial charge is 0.480 e. The number of carbonyl (C=O) groups is 1. The summed E-state index contributed by atoms with van der Waals surface area (Å²) in [5.74, 6) is -0.886. The number of aliphatic carboxylic acids is 1. The number of hydrogen-bond acceptors (Lipinski definition) is 4. The van der Waals surface area contributed by atoms with E-state index in [2.05, 4.69) is 11.8 Å². The summed E-state index contributed by atoms with van der Waals surface area (Å²) in [6.07, 6.45) is 5.55. The van der Waals surface area contributed by atoms with E-state index in [1.807, 2.05) is 6.92 Å². The van der Waals surface area contributed by atoms with Crippen LogP contribution in [0.3, 0.4) is 0 Å². The van der Waals surface area contributed by atoms with E-state index in [0.717, 1.165) is 51.9 Å². The Morgan fingerprint density at radius 3 is 2.85 bits per heavy atom. The molecular weight excluding hydrogens is 256 g/mol. The number of ether oxygens (including phenoxy) is 1. The summed E-state index contributed by atoms with van der Waals surface area (Å²) in [7, 11) is 0. The molecule has 1 fully saturated rings. The van der Waals surface area contributed by atoms with Crippen molar-refractivity contribution < 1.29 is 14.6 Å². The number of piperidine rings is 1. The molecule has 0 aliphatic carbocycles. The Bertz CT molecular complexity index is 299. The van der Waals surface area contributed by atoms with Gasteiger partial charge in [-0.15, -0.1) is 0 Å². The van der Waals surface area contributed by atoms with Gasteiger partial charge in [-0.25, -0.2) is 0 Å². The van der Waals surface area contributed by atoms with E-state index in [1.54, 1.807) is 0 Å². The molecule has 0 aromatic rings. The van der Waals surface area contributed by atoms with Crippen molar-refractivity contribution in [2.45, 2.75) is 64.0 Å². The van der Waals surface area contributed by atoms with Crippen LogP contribution < -0.4 is 5.73 Å². The van der Waals surface area contributed by atoms with Crippen molar-refractivity contribution in [3.05, 3.63) is 0 Å². The highest BCUT2D eigenvalue weighted by atomic mass is 16.5.